The van der Waals surface area contributed by atoms with Gasteiger partial charge in [0.25, 0.3) is 5.91 Å². The lowest BCUT2D eigenvalue weighted by molar-refractivity contribution is 0.102. The second kappa shape index (κ2) is 8.05. The molecule has 0 saturated carbocycles. The van der Waals surface area contributed by atoms with Crippen LogP contribution in [0.3, 0.4) is 0 Å². The third-order valence-electron chi connectivity index (χ3n) is 5.12. The largest absolute Gasteiger partial charge is 0.354 e. The molecule has 0 aliphatic carbocycles. The number of carbonyl (C=O) groups excluding carboxylic acids is 1. The molecule has 1 aromatic heterocycles. The average molecular weight is 367 g/mol. The minimum absolute atomic E-state index is 0.191. The first-order valence-corrected chi connectivity index (χ1v) is 9.59. The van der Waals surface area contributed by atoms with E-state index in [1.165, 1.54) is 5.56 Å². The molecule has 2 heterocycles. The lowest BCUT2D eigenvalue weighted by Crippen LogP contribution is -2.46. The Morgan fingerprint density at radius 2 is 1.63 bits per heavy atom. The highest BCUT2D eigenvalue weighted by atomic mass is 16.1. The molecule has 1 N–H and O–H groups in total. The van der Waals surface area contributed by atoms with Crippen molar-refractivity contribution in [2.24, 2.45) is 0 Å². The molecule has 144 valence electrons. The number of hydrogen-bond donors (Lipinski definition) is 1. The van der Waals surface area contributed by atoms with Crippen molar-refractivity contribution in [3.05, 3.63) is 46.4 Å². The number of hydrogen-bond acceptors (Lipinski definition) is 5. The van der Waals surface area contributed by atoms with Crippen LogP contribution in [-0.4, -0.2) is 53.5 Å². The number of piperazine rings is 1. The maximum Gasteiger partial charge on any atom is 0.274 e. The van der Waals surface area contributed by atoms with Crippen LogP contribution in [0.1, 0.15) is 39.9 Å². The molecular formula is C21H29N5O. The summed E-state index contributed by atoms with van der Waals surface area (Å²) >= 11 is 0. The van der Waals surface area contributed by atoms with Crippen molar-refractivity contribution < 1.29 is 4.79 Å². The first-order valence-electron chi connectivity index (χ1n) is 9.59. The maximum atomic E-state index is 12.9. The Labute approximate surface area is 161 Å². The van der Waals surface area contributed by atoms with E-state index in [2.05, 4.69) is 51.1 Å². The molecule has 27 heavy (non-hydrogen) atoms. The van der Waals surface area contributed by atoms with Crippen molar-refractivity contribution in [1.82, 2.24) is 14.9 Å². The highest BCUT2D eigenvalue weighted by molar-refractivity contribution is 6.04. The fourth-order valence-electron chi connectivity index (χ4n) is 3.68. The monoisotopic (exact) mass is 367 g/mol. The van der Waals surface area contributed by atoms with Gasteiger partial charge in [0.1, 0.15) is 17.3 Å². The molecule has 6 nitrogen and oxygen atoms in total. The van der Waals surface area contributed by atoms with E-state index in [1.54, 1.807) is 0 Å². The average Bonchev–Trinajstić information content (AvgIpc) is 2.64. The van der Waals surface area contributed by atoms with Crippen molar-refractivity contribution in [1.29, 1.82) is 0 Å². The molecule has 1 aromatic carbocycles. The van der Waals surface area contributed by atoms with Gasteiger partial charge in [-0.2, -0.15) is 0 Å². The summed E-state index contributed by atoms with van der Waals surface area (Å²) in [6, 6.07) is 5.96. The molecule has 2 aromatic rings. The van der Waals surface area contributed by atoms with E-state index in [-0.39, 0.29) is 5.91 Å². The summed E-state index contributed by atoms with van der Waals surface area (Å²) < 4.78 is 0. The zero-order valence-electron chi connectivity index (χ0n) is 17.0. The van der Waals surface area contributed by atoms with Crippen LogP contribution in [-0.2, 0) is 0 Å². The highest BCUT2D eigenvalue weighted by Crippen LogP contribution is 2.23. The molecule has 0 radical (unpaired) electrons. The van der Waals surface area contributed by atoms with E-state index in [4.69, 9.17) is 0 Å². The highest BCUT2D eigenvalue weighted by Gasteiger charge is 2.20. The zero-order chi connectivity index (χ0) is 19.6. The van der Waals surface area contributed by atoms with Gasteiger partial charge in [0.05, 0.1) is 0 Å². The van der Waals surface area contributed by atoms with Crippen LogP contribution in [0, 0.1) is 27.7 Å². The molecule has 3 rings (SSSR count). The van der Waals surface area contributed by atoms with Gasteiger partial charge in [-0.1, -0.05) is 24.6 Å². The van der Waals surface area contributed by atoms with E-state index >= 15 is 0 Å². The molecule has 1 amide bonds. The molecular weight excluding hydrogens is 338 g/mol. The standard InChI is InChI=1S/C21H29N5O/c1-6-25-7-9-26(10-8-25)19-13-18(22-17(5)23-19)21(27)24-20-15(3)11-14(2)12-16(20)4/h11-13H,6-10H2,1-5H3,(H,24,27). The first kappa shape index (κ1) is 19.3. The van der Waals surface area contributed by atoms with Gasteiger partial charge in [0, 0.05) is 37.9 Å². The van der Waals surface area contributed by atoms with Crippen LogP contribution < -0.4 is 10.2 Å². The van der Waals surface area contributed by atoms with Gasteiger partial charge in [-0.25, -0.2) is 9.97 Å². The van der Waals surface area contributed by atoms with E-state index < -0.39 is 0 Å². The summed E-state index contributed by atoms with van der Waals surface area (Å²) in [5.74, 6) is 1.26. The van der Waals surface area contributed by atoms with Crippen LogP contribution in [0.5, 0.6) is 0 Å². The van der Waals surface area contributed by atoms with Gasteiger partial charge in [-0.3, -0.25) is 4.79 Å². The second-order valence-corrected chi connectivity index (χ2v) is 7.31. The Morgan fingerprint density at radius 3 is 2.22 bits per heavy atom. The van der Waals surface area contributed by atoms with Gasteiger partial charge in [-0.05, 0) is 45.4 Å². The van der Waals surface area contributed by atoms with E-state index in [0.29, 0.717) is 11.5 Å². The fraction of sp³-hybridized carbons (Fsp3) is 0.476. The quantitative estimate of drug-likeness (QED) is 0.900. The van der Waals surface area contributed by atoms with Crippen LogP contribution in [0.4, 0.5) is 11.5 Å². The molecule has 0 unspecified atom stereocenters. The molecule has 0 bridgehead atoms. The number of benzene rings is 1. The number of carbonyl (C=O) groups is 1. The number of anilines is 2. The summed E-state index contributed by atoms with van der Waals surface area (Å²) in [6.45, 7) is 15.0. The van der Waals surface area contributed by atoms with Crippen molar-refractivity contribution in [2.45, 2.75) is 34.6 Å². The maximum absolute atomic E-state index is 12.9. The molecule has 6 heteroatoms. The van der Waals surface area contributed by atoms with Gasteiger partial charge < -0.3 is 15.1 Å². The van der Waals surface area contributed by atoms with Crippen molar-refractivity contribution in [2.75, 3.05) is 42.9 Å². The van der Waals surface area contributed by atoms with Crippen molar-refractivity contribution >= 4 is 17.4 Å². The predicted octanol–water partition coefficient (Wildman–Crippen LogP) is 3.10. The third kappa shape index (κ3) is 4.45. The van der Waals surface area contributed by atoms with Gasteiger partial charge in [-0.15, -0.1) is 0 Å². The number of amides is 1. The normalized spacial score (nSPS) is 15.1. The van der Waals surface area contributed by atoms with Gasteiger partial charge in [0.2, 0.25) is 0 Å². The Balaban J connectivity index is 1.81. The Hall–Kier alpha value is -2.47. The number of likely N-dealkylation sites (N-methyl/N-ethyl adjacent to an activating group) is 1. The predicted molar refractivity (Wildman–Crippen MR) is 110 cm³/mol. The molecule has 1 aliphatic heterocycles. The molecule has 1 saturated heterocycles. The number of nitrogens with zero attached hydrogens (tertiary/aromatic N) is 4. The van der Waals surface area contributed by atoms with Crippen LogP contribution in [0.2, 0.25) is 0 Å². The SMILES string of the molecule is CCN1CCN(c2cc(C(=O)Nc3c(C)cc(C)cc3C)nc(C)n2)CC1. The number of nitrogens with one attached hydrogen (secondary N) is 1. The summed E-state index contributed by atoms with van der Waals surface area (Å²) in [5.41, 5.74) is 4.58. The van der Waals surface area contributed by atoms with Crippen LogP contribution in [0.25, 0.3) is 0 Å². The number of aryl methyl sites for hydroxylation is 4. The second-order valence-electron chi connectivity index (χ2n) is 7.31. The topological polar surface area (TPSA) is 61.4 Å². The van der Waals surface area contributed by atoms with E-state index in [1.807, 2.05) is 26.8 Å². The Morgan fingerprint density at radius 1 is 1.00 bits per heavy atom. The number of aromatic nitrogens is 2. The zero-order valence-corrected chi connectivity index (χ0v) is 17.0. The smallest absolute Gasteiger partial charge is 0.274 e. The van der Waals surface area contributed by atoms with Gasteiger partial charge >= 0.3 is 0 Å². The Kier molecular flexibility index (Phi) is 5.75. The number of rotatable bonds is 4. The van der Waals surface area contributed by atoms with E-state index in [9.17, 15) is 4.79 Å². The van der Waals surface area contributed by atoms with Gasteiger partial charge in [0.15, 0.2) is 0 Å². The van der Waals surface area contributed by atoms with Crippen LogP contribution in [0.15, 0.2) is 18.2 Å². The summed E-state index contributed by atoms with van der Waals surface area (Å²) in [5, 5.41) is 3.04. The molecule has 1 aliphatic rings. The first-order chi connectivity index (χ1) is 12.9. The summed E-state index contributed by atoms with van der Waals surface area (Å²) in [4.78, 5) is 26.4. The lowest BCUT2D eigenvalue weighted by Gasteiger charge is -2.34. The van der Waals surface area contributed by atoms with E-state index in [0.717, 1.165) is 55.4 Å². The third-order valence-corrected chi connectivity index (χ3v) is 5.12. The fourth-order valence-corrected chi connectivity index (χ4v) is 3.68. The lowest BCUT2D eigenvalue weighted by atomic mass is 10.0. The van der Waals surface area contributed by atoms with Crippen molar-refractivity contribution in [3.8, 4) is 0 Å². The minimum Gasteiger partial charge on any atom is -0.354 e. The molecule has 1 fully saturated rings. The van der Waals surface area contributed by atoms with Crippen LogP contribution >= 0.6 is 0 Å². The summed E-state index contributed by atoms with van der Waals surface area (Å²) in [7, 11) is 0. The molecule has 0 atom stereocenters. The summed E-state index contributed by atoms with van der Waals surface area (Å²) in [6.07, 6.45) is 0. The Bertz CT molecular complexity index is 817. The minimum atomic E-state index is -0.191. The van der Waals surface area contributed by atoms with Crippen molar-refractivity contribution in [3.63, 3.8) is 0 Å². The molecule has 0 spiro atoms.